The zero-order valence-corrected chi connectivity index (χ0v) is 19.3. The van der Waals surface area contributed by atoms with Crippen molar-refractivity contribution in [2.75, 3.05) is 7.05 Å². The lowest BCUT2D eigenvalue weighted by molar-refractivity contribution is -0.166. The lowest BCUT2D eigenvalue weighted by atomic mass is 9.65. The lowest BCUT2D eigenvalue weighted by Crippen LogP contribution is -2.49. The van der Waals surface area contributed by atoms with E-state index in [2.05, 4.69) is 19.1 Å². The van der Waals surface area contributed by atoms with Crippen LogP contribution in [0.5, 0.6) is 0 Å². The second-order valence-corrected chi connectivity index (χ2v) is 9.94. The molecule has 0 bridgehead atoms. The molecule has 176 valence electrons. The molecule has 1 saturated carbocycles. The molecule has 0 radical (unpaired) electrons. The molecule has 6 atom stereocenters. The van der Waals surface area contributed by atoms with Crippen LogP contribution in [0.2, 0.25) is 0 Å². The number of aliphatic hydroxyl groups is 2. The van der Waals surface area contributed by atoms with Gasteiger partial charge in [-0.25, -0.2) is 4.79 Å². The SMILES string of the molecule is CC(C)C(O)(CC1C(=O)C(=C(O)C=C[C@H]2[C@@H]3CCCC[C@H]3C=C[C@H]2C)C(=O)N1C)C(=O)O. The number of ketones is 1. The number of rotatable bonds is 6. The molecule has 2 unspecified atom stereocenters. The summed E-state index contributed by atoms with van der Waals surface area (Å²) in [5, 5.41) is 30.8. The summed E-state index contributed by atoms with van der Waals surface area (Å²) in [6, 6.07) is -1.14. The Labute approximate surface area is 189 Å². The van der Waals surface area contributed by atoms with E-state index in [-0.39, 0.29) is 11.5 Å². The number of carbonyl (C=O) groups excluding carboxylic acids is 2. The fourth-order valence-corrected chi connectivity index (χ4v) is 5.44. The van der Waals surface area contributed by atoms with E-state index in [9.17, 15) is 29.7 Å². The first kappa shape index (κ1) is 24.2. The van der Waals surface area contributed by atoms with E-state index in [1.165, 1.54) is 26.0 Å². The highest BCUT2D eigenvalue weighted by atomic mass is 16.4. The van der Waals surface area contributed by atoms with Crippen molar-refractivity contribution in [3.8, 4) is 0 Å². The number of hydrogen-bond donors (Lipinski definition) is 3. The molecule has 0 spiro atoms. The van der Waals surface area contributed by atoms with E-state index >= 15 is 0 Å². The number of aliphatic carboxylic acids is 1. The van der Waals surface area contributed by atoms with Crippen LogP contribution in [0.4, 0.5) is 0 Å². The first-order valence-corrected chi connectivity index (χ1v) is 11.6. The average molecular weight is 446 g/mol. The molecular formula is C25H35NO6. The van der Waals surface area contributed by atoms with Gasteiger partial charge in [-0.15, -0.1) is 0 Å². The third kappa shape index (κ3) is 4.27. The Balaban J connectivity index is 1.85. The maximum Gasteiger partial charge on any atom is 0.336 e. The van der Waals surface area contributed by atoms with Crippen molar-refractivity contribution < 1.29 is 29.7 Å². The molecule has 0 aromatic heterocycles. The van der Waals surface area contributed by atoms with Crippen molar-refractivity contribution in [3.05, 3.63) is 35.6 Å². The molecule has 7 heteroatoms. The number of likely N-dealkylation sites (N-methyl/N-ethyl adjacent to an activating group) is 1. The first-order chi connectivity index (χ1) is 15.0. The molecular weight excluding hydrogens is 410 g/mol. The molecule has 0 aromatic carbocycles. The van der Waals surface area contributed by atoms with Crippen LogP contribution in [0.1, 0.15) is 52.9 Å². The van der Waals surface area contributed by atoms with E-state index in [4.69, 9.17) is 0 Å². The summed E-state index contributed by atoms with van der Waals surface area (Å²) in [6.45, 7) is 5.23. The van der Waals surface area contributed by atoms with Gasteiger partial charge in [0, 0.05) is 13.5 Å². The van der Waals surface area contributed by atoms with Crippen LogP contribution in [0.25, 0.3) is 0 Å². The van der Waals surface area contributed by atoms with E-state index in [1.54, 1.807) is 13.8 Å². The van der Waals surface area contributed by atoms with Crippen LogP contribution in [0.3, 0.4) is 0 Å². The van der Waals surface area contributed by atoms with Gasteiger partial charge in [-0.3, -0.25) is 9.59 Å². The maximum absolute atomic E-state index is 13.0. The van der Waals surface area contributed by atoms with Crippen molar-refractivity contribution in [1.82, 2.24) is 4.90 Å². The third-order valence-electron chi connectivity index (χ3n) is 7.75. The zero-order valence-electron chi connectivity index (χ0n) is 19.3. The van der Waals surface area contributed by atoms with Crippen LogP contribution >= 0.6 is 0 Å². The van der Waals surface area contributed by atoms with E-state index in [0.29, 0.717) is 17.8 Å². The van der Waals surface area contributed by atoms with Gasteiger partial charge in [-0.1, -0.05) is 51.8 Å². The number of Topliss-reactive ketones (excluding diaryl/α,β-unsaturated/α-hetero) is 1. The number of likely N-dealkylation sites (tertiary alicyclic amines) is 1. The predicted octanol–water partition coefficient (Wildman–Crippen LogP) is 3.25. The molecule has 32 heavy (non-hydrogen) atoms. The van der Waals surface area contributed by atoms with Gasteiger partial charge in [-0.2, -0.15) is 0 Å². The molecule has 0 aromatic rings. The maximum atomic E-state index is 13.0. The molecule has 1 saturated heterocycles. The van der Waals surface area contributed by atoms with E-state index in [0.717, 1.165) is 17.7 Å². The molecule has 1 heterocycles. The van der Waals surface area contributed by atoms with Crippen molar-refractivity contribution in [2.45, 2.75) is 64.5 Å². The lowest BCUT2D eigenvalue weighted by Gasteiger charge is -2.40. The summed E-state index contributed by atoms with van der Waals surface area (Å²) in [7, 11) is 1.39. The van der Waals surface area contributed by atoms with Crippen molar-refractivity contribution in [1.29, 1.82) is 0 Å². The van der Waals surface area contributed by atoms with Crippen LogP contribution in [0, 0.1) is 29.6 Å². The van der Waals surface area contributed by atoms with Gasteiger partial charge in [0.2, 0.25) is 0 Å². The number of carboxylic acid groups (broad SMARTS) is 1. The molecule has 2 aliphatic carbocycles. The molecule has 3 rings (SSSR count). The van der Waals surface area contributed by atoms with Gasteiger partial charge in [0.05, 0.1) is 6.04 Å². The Bertz CT molecular complexity index is 872. The minimum absolute atomic E-state index is 0.214. The highest BCUT2D eigenvalue weighted by Crippen LogP contribution is 2.43. The highest BCUT2D eigenvalue weighted by molar-refractivity contribution is 6.27. The van der Waals surface area contributed by atoms with Crippen molar-refractivity contribution >= 4 is 17.7 Å². The van der Waals surface area contributed by atoms with E-state index in [1.807, 2.05) is 6.08 Å². The standard InChI is InChI=1S/C25H35NO6/c1-14(2)25(32,24(30)31)13-19-22(28)21(23(29)26(19)4)20(27)12-11-17-15(3)9-10-16-7-5-6-8-18(16)17/h9-12,14-19,27,32H,5-8,13H2,1-4H3,(H,30,31)/t15-,16+,17-,18-,19?,25?/m1/s1. The fraction of sp³-hybridized carbons (Fsp3) is 0.640. The van der Waals surface area contributed by atoms with Crippen molar-refractivity contribution in [3.63, 3.8) is 0 Å². The fourth-order valence-electron chi connectivity index (χ4n) is 5.44. The Hall–Kier alpha value is -2.41. The van der Waals surface area contributed by atoms with Crippen LogP contribution in [-0.4, -0.2) is 56.6 Å². The van der Waals surface area contributed by atoms with Crippen molar-refractivity contribution in [2.24, 2.45) is 29.6 Å². The van der Waals surface area contributed by atoms with Gasteiger partial charge in [-0.05, 0) is 48.5 Å². The summed E-state index contributed by atoms with van der Waals surface area (Å²) in [5.41, 5.74) is -2.50. The number of amides is 1. The number of hydrogen-bond acceptors (Lipinski definition) is 5. The molecule has 3 aliphatic rings. The highest BCUT2D eigenvalue weighted by Gasteiger charge is 2.50. The normalized spacial score (nSPS) is 34.2. The Kier molecular flexibility index (Phi) is 6.98. The van der Waals surface area contributed by atoms with Gasteiger partial charge in [0.15, 0.2) is 11.4 Å². The number of aliphatic hydroxyl groups excluding tert-OH is 1. The monoisotopic (exact) mass is 445 g/mol. The Morgan fingerprint density at radius 2 is 1.88 bits per heavy atom. The van der Waals surface area contributed by atoms with Crippen LogP contribution < -0.4 is 0 Å². The quantitative estimate of drug-likeness (QED) is 0.250. The smallest absolute Gasteiger partial charge is 0.336 e. The summed E-state index contributed by atoms with van der Waals surface area (Å²) < 4.78 is 0. The number of nitrogens with zero attached hydrogens (tertiary/aromatic N) is 1. The molecule has 3 N–H and O–H groups in total. The second-order valence-electron chi connectivity index (χ2n) is 9.94. The van der Waals surface area contributed by atoms with Gasteiger partial charge < -0.3 is 20.2 Å². The average Bonchev–Trinajstić information content (AvgIpc) is 2.95. The van der Waals surface area contributed by atoms with Gasteiger partial charge in [0.25, 0.3) is 5.91 Å². The first-order valence-electron chi connectivity index (χ1n) is 11.6. The van der Waals surface area contributed by atoms with E-state index < -0.39 is 47.4 Å². The second kappa shape index (κ2) is 9.22. The summed E-state index contributed by atoms with van der Waals surface area (Å²) >= 11 is 0. The predicted molar refractivity (Wildman–Crippen MR) is 120 cm³/mol. The molecule has 1 amide bonds. The number of allylic oxidation sites excluding steroid dienone is 4. The minimum atomic E-state index is -2.16. The third-order valence-corrected chi connectivity index (χ3v) is 7.75. The largest absolute Gasteiger partial charge is 0.507 e. The number of fused-ring (bicyclic) bond motifs is 1. The summed E-state index contributed by atoms with van der Waals surface area (Å²) in [5.74, 6) is -2.30. The van der Waals surface area contributed by atoms with Crippen LogP contribution in [-0.2, 0) is 14.4 Å². The summed E-state index contributed by atoms with van der Waals surface area (Å²) in [6.07, 6.45) is 12.1. The molecule has 7 nitrogen and oxygen atoms in total. The Morgan fingerprint density at radius 3 is 2.50 bits per heavy atom. The van der Waals surface area contributed by atoms with Gasteiger partial charge in [0.1, 0.15) is 11.3 Å². The minimum Gasteiger partial charge on any atom is -0.507 e. The molecule has 1 aliphatic heterocycles. The zero-order chi connectivity index (χ0) is 23.8. The molecule has 2 fully saturated rings. The number of carbonyl (C=O) groups is 3. The number of carboxylic acids is 1. The topological polar surface area (TPSA) is 115 Å². The van der Waals surface area contributed by atoms with Crippen LogP contribution in [0.15, 0.2) is 35.6 Å². The Morgan fingerprint density at radius 1 is 1.22 bits per heavy atom. The summed E-state index contributed by atoms with van der Waals surface area (Å²) in [4.78, 5) is 38.5. The van der Waals surface area contributed by atoms with Gasteiger partial charge >= 0.3 is 5.97 Å².